The molecule has 0 aliphatic heterocycles. The van der Waals surface area contributed by atoms with Crippen molar-refractivity contribution in [1.29, 1.82) is 0 Å². The largest absolute Gasteiger partial charge is 0.472 e. The SMILES string of the molecule is O=P(O)(O)OCC(CNF)COP(=O)(O)OCCOP(=O)(O)OCC(CO)CNF. The minimum atomic E-state index is -4.85. The molecule has 0 aromatic heterocycles. The molecular weight excluding hydrogens is 487 g/mol. The summed E-state index contributed by atoms with van der Waals surface area (Å²) in [6.07, 6.45) is 0. The summed E-state index contributed by atoms with van der Waals surface area (Å²) in [4.78, 5) is 36.0. The van der Waals surface area contributed by atoms with Gasteiger partial charge in [0.1, 0.15) is 0 Å². The molecule has 4 unspecified atom stereocenters. The molecule has 7 N–H and O–H groups in total. The Hall–Kier alpha value is 0.0700. The Balaban J connectivity index is 4.29. The maximum absolute atomic E-state index is 12.2. The van der Waals surface area contributed by atoms with Gasteiger partial charge in [0.15, 0.2) is 0 Å². The minimum Gasteiger partial charge on any atom is -0.396 e. The summed E-state index contributed by atoms with van der Waals surface area (Å²) in [6, 6.07) is 0. The van der Waals surface area contributed by atoms with Gasteiger partial charge in [0.2, 0.25) is 0 Å². The molecule has 0 saturated carbocycles. The van der Waals surface area contributed by atoms with Gasteiger partial charge < -0.3 is 24.7 Å². The van der Waals surface area contributed by atoms with Crippen LogP contribution in [0.15, 0.2) is 0 Å². The Morgan fingerprint density at radius 1 is 0.700 bits per heavy atom. The van der Waals surface area contributed by atoms with Gasteiger partial charge >= 0.3 is 23.5 Å². The van der Waals surface area contributed by atoms with Crippen LogP contribution in [-0.2, 0) is 36.3 Å². The molecule has 0 bridgehead atoms. The first-order valence-corrected chi connectivity index (χ1v) is 12.6. The fraction of sp³-hybridized carbons (Fsp3) is 1.00. The van der Waals surface area contributed by atoms with E-state index in [-0.39, 0.29) is 6.54 Å². The molecule has 0 aromatic carbocycles. The highest BCUT2D eigenvalue weighted by Gasteiger charge is 2.27. The van der Waals surface area contributed by atoms with Gasteiger partial charge in [-0.2, -0.15) is 11.1 Å². The first-order valence-electron chi connectivity index (χ1n) is 8.05. The number of aliphatic hydroxyl groups is 1. The molecular formula is C10H25F2N2O13P3. The van der Waals surface area contributed by atoms with E-state index in [9.17, 15) is 32.4 Å². The van der Waals surface area contributed by atoms with Crippen molar-refractivity contribution in [2.75, 3.05) is 52.7 Å². The van der Waals surface area contributed by atoms with Crippen molar-refractivity contribution in [2.45, 2.75) is 0 Å². The Morgan fingerprint density at radius 3 is 1.50 bits per heavy atom. The van der Waals surface area contributed by atoms with Gasteiger partial charge in [-0.3, -0.25) is 22.6 Å². The third kappa shape index (κ3) is 16.7. The van der Waals surface area contributed by atoms with Gasteiger partial charge in [0, 0.05) is 31.5 Å². The normalized spacial score (nSPS) is 18.5. The predicted molar refractivity (Wildman–Crippen MR) is 93.7 cm³/mol. The number of phosphoric acid groups is 3. The van der Waals surface area contributed by atoms with Crippen molar-refractivity contribution < 1.29 is 70.0 Å². The summed E-state index contributed by atoms with van der Waals surface area (Å²) < 4.78 is 80.1. The van der Waals surface area contributed by atoms with E-state index in [1.165, 1.54) is 11.1 Å². The Labute approximate surface area is 170 Å². The summed E-state index contributed by atoms with van der Waals surface area (Å²) >= 11 is 0. The summed E-state index contributed by atoms with van der Waals surface area (Å²) in [6.45, 7) is -4.76. The Morgan fingerprint density at radius 2 is 1.10 bits per heavy atom. The number of hydrogen-bond acceptors (Lipinski definition) is 11. The zero-order valence-corrected chi connectivity index (χ0v) is 18.1. The third-order valence-electron chi connectivity index (χ3n) is 3.01. The van der Waals surface area contributed by atoms with Gasteiger partial charge in [-0.1, -0.05) is 0 Å². The average Bonchev–Trinajstić information content (AvgIpc) is 2.64. The smallest absolute Gasteiger partial charge is 0.396 e. The predicted octanol–water partition coefficient (Wildman–Crippen LogP) is -0.464. The molecule has 0 fully saturated rings. The molecule has 182 valence electrons. The molecule has 20 heteroatoms. The molecule has 0 aromatic rings. The van der Waals surface area contributed by atoms with Crippen molar-refractivity contribution in [2.24, 2.45) is 11.8 Å². The number of hydrogen-bond donors (Lipinski definition) is 7. The molecule has 0 aliphatic rings. The monoisotopic (exact) mass is 512 g/mol. The van der Waals surface area contributed by atoms with Gasteiger partial charge in [-0.05, 0) is 0 Å². The van der Waals surface area contributed by atoms with Crippen LogP contribution < -0.4 is 11.1 Å². The van der Waals surface area contributed by atoms with Gasteiger partial charge in [0.25, 0.3) is 0 Å². The second-order valence-electron chi connectivity index (χ2n) is 5.57. The van der Waals surface area contributed by atoms with Crippen molar-refractivity contribution in [1.82, 2.24) is 11.1 Å². The van der Waals surface area contributed by atoms with Crippen molar-refractivity contribution in [3.8, 4) is 0 Å². The fourth-order valence-electron chi connectivity index (χ4n) is 1.54. The standard InChI is InChI=1S/C10H25F2N2O13P3/c11-13-3-9(5-15)6-26-29(19,20)23-1-2-24-30(21,22)27-8-10(4-14-12)7-25-28(16,17)18/h9-10,13-15H,1-8H2,(H,19,20)(H,21,22)(H2,16,17,18). The van der Waals surface area contributed by atoms with Crippen LogP contribution >= 0.6 is 23.5 Å². The van der Waals surface area contributed by atoms with E-state index in [0.29, 0.717) is 0 Å². The van der Waals surface area contributed by atoms with E-state index in [1.807, 2.05) is 0 Å². The second kappa shape index (κ2) is 15.0. The first kappa shape index (κ1) is 30.1. The highest BCUT2D eigenvalue weighted by molar-refractivity contribution is 7.47. The van der Waals surface area contributed by atoms with Crippen LogP contribution in [0, 0.1) is 11.8 Å². The lowest BCUT2D eigenvalue weighted by molar-refractivity contribution is 0.0729. The van der Waals surface area contributed by atoms with Crippen LogP contribution in [0.4, 0.5) is 8.96 Å². The lowest BCUT2D eigenvalue weighted by atomic mass is 10.2. The molecule has 0 radical (unpaired) electrons. The second-order valence-corrected chi connectivity index (χ2v) is 9.72. The molecule has 30 heavy (non-hydrogen) atoms. The van der Waals surface area contributed by atoms with Gasteiger partial charge in [0.05, 0.1) is 33.0 Å². The summed E-state index contributed by atoms with van der Waals surface area (Å²) in [5.41, 5.74) is 2.43. The van der Waals surface area contributed by atoms with E-state index in [1.54, 1.807) is 0 Å². The van der Waals surface area contributed by atoms with E-state index >= 15 is 0 Å². The Bertz CT molecular complexity index is 612. The van der Waals surface area contributed by atoms with E-state index < -0.39 is 81.5 Å². The first-order chi connectivity index (χ1) is 13.8. The van der Waals surface area contributed by atoms with Crippen LogP contribution in [0.2, 0.25) is 0 Å². The van der Waals surface area contributed by atoms with Gasteiger partial charge in [-0.15, -0.1) is 8.96 Å². The average molecular weight is 512 g/mol. The molecule has 0 spiro atoms. The van der Waals surface area contributed by atoms with Crippen LogP contribution in [0.3, 0.4) is 0 Å². The van der Waals surface area contributed by atoms with Crippen molar-refractivity contribution in [3.63, 3.8) is 0 Å². The minimum absolute atomic E-state index is 0.344. The maximum atomic E-state index is 12.2. The lowest BCUT2D eigenvalue weighted by Gasteiger charge is -2.19. The molecule has 0 rings (SSSR count). The third-order valence-corrected chi connectivity index (χ3v) is 5.46. The summed E-state index contributed by atoms with van der Waals surface area (Å²) in [5, 5.41) is 8.89. The number of halogens is 2. The topological polar surface area (TPSA) is 223 Å². The number of aliphatic hydroxyl groups excluding tert-OH is 1. The summed E-state index contributed by atoms with van der Waals surface area (Å²) in [7, 11) is -14.2. The molecule has 0 aliphatic carbocycles. The quantitative estimate of drug-likeness (QED) is 0.0661. The van der Waals surface area contributed by atoms with Crippen molar-refractivity contribution in [3.05, 3.63) is 0 Å². The van der Waals surface area contributed by atoms with Crippen LogP contribution in [0.5, 0.6) is 0 Å². The fourth-order valence-corrected chi connectivity index (χ4v) is 3.50. The Kier molecular flexibility index (Phi) is 15.0. The highest BCUT2D eigenvalue weighted by Crippen LogP contribution is 2.46. The molecule has 0 heterocycles. The maximum Gasteiger partial charge on any atom is 0.472 e. The van der Waals surface area contributed by atoms with Crippen molar-refractivity contribution >= 4 is 23.5 Å². The van der Waals surface area contributed by atoms with Crippen LogP contribution in [0.25, 0.3) is 0 Å². The number of rotatable bonds is 19. The zero-order valence-electron chi connectivity index (χ0n) is 15.4. The lowest BCUT2D eigenvalue weighted by Crippen LogP contribution is -2.25. The van der Waals surface area contributed by atoms with Crippen LogP contribution in [0.1, 0.15) is 0 Å². The molecule has 15 nitrogen and oxygen atoms in total. The van der Waals surface area contributed by atoms with E-state index in [4.69, 9.17) is 14.9 Å². The van der Waals surface area contributed by atoms with Gasteiger partial charge in [-0.25, -0.2) is 13.7 Å². The summed E-state index contributed by atoms with van der Waals surface area (Å²) in [5.74, 6) is -1.91. The molecule has 0 amide bonds. The highest BCUT2D eigenvalue weighted by atomic mass is 31.2. The molecule has 4 atom stereocenters. The zero-order chi connectivity index (χ0) is 23.3. The number of phosphoric ester groups is 3. The van der Waals surface area contributed by atoms with E-state index in [0.717, 1.165) is 0 Å². The number of nitrogens with one attached hydrogen (secondary N) is 2. The molecule has 0 saturated heterocycles. The van der Waals surface area contributed by atoms with E-state index in [2.05, 4.69) is 22.6 Å². The van der Waals surface area contributed by atoms with Crippen LogP contribution in [-0.4, -0.2) is 77.4 Å².